The van der Waals surface area contributed by atoms with Gasteiger partial charge in [-0.25, -0.2) is 0 Å². The normalized spacial score (nSPS) is 12.6. The Hall–Kier alpha value is -1.39. The Bertz CT molecular complexity index is 459. The van der Waals surface area contributed by atoms with Crippen LogP contribution in [0.2, 0.25) is 5.02 Å². The van der Waals surface area contributed by atoms with Gasteiger partial charge in [0.1, 0.15) is 0 Å². The van der Waals surface area contributed by atoms with Crippen molar-refractivity contribution in [2.75, 3.05) is 6.54 Å². The molecule has 0 saturated heterocycles. The van der Waals surface area contributed by atoms with E-state index in [2.05, 4.69) is 28.4 Å². The van der Waals surface area contributed by atoms with Crippen LogP contribution in [-0.2, 0) is 6.42 Å². The van der Waals surface area contributed by atoms with E-state index in [-0.39, 0.29) is 6.04 Å². The number of rotatable bonds is 5. The number of hydrogen-bond acceptors (Lipinski definition) is 4. The summed E-state index contributed by atoms with van der Waals surface area (Å²) in [5, 5.41) is 7.69. The molecule has 0 aliphatic rings. The standard InChI is InChI=1S/C12H14ClN3O/c1-9(10-3-2-4-11(13)7-10)14-6-5-12-15-8-16-17-12/h2-4,7-9,14H,5-6H2,1H3. The lowest BCUT2D eigenvalue weighted by Crippen LogP contribution is -2.21. The van der Waals surface area contributed by atoms with Gasteiger partial charge >= 0.3 is 0 Å². The minimum atomic E-state index is 0.247. The van der Waals surface area contributed by atoms with Gasteiger partial charge < -0.3 is 9.84 Å². The van der Waals surface area contributed by atoms with Crippen LogP contribution in [0, 0.1) is 0 Å². The lowest BCUT2D eigenvalue weighted by atomic mass is 10.1. The molecule has 0 aliphatic carbocycles. The molecule has 0 saturated carbocycles. The first-order valence-electron chi connectivity index (χ1n) is 5.50. The second-order valence-corrected chi connectivity index (χ2v) is 4.25. The average molecular weight is 252 g/mol. The Kier molecular flexibility index (Phi) is 4.12. The second kappa shape index (κ2) is 5.80. The Morgan fingerprint density at radius 3 is 3.06 bits per heavy atom. The number of hydrogen-bond donors (Lipinski definition) is 1. The van der Waals surface area contributed by atoms with Crippen molar-refractivity contribution in [1.29, 1.82) is 0 Å². The van der Waals surface area contributed by atoms with E-state index in [4.69, 9.17) is 16.1 Å². The molecule has 0 fully saturated rings. The Morgan fingerprint density at radius 1 is 1.47 bits per heavy atom. The smallest absolute Gasteiger partial charge is 0.227 e. The lowest BCUT2D eigenvalue weighted by molar-refractivity contribution is 0.372. The van der Waals surface area contributed by atoms with Crippen molar-refractivity contribution < 1.29 is 4.52 Å². The fourth-order valence-corrected chi connectivity index (χ4v) is 1.79. The molecule has 2 aromatic rings. The van der Waals surface area contributed by atoms with Crippen LogP contribution in [0.25, 0.3) is 0 Å². The van der Waals surface area contributed by atoms with Gasteiger partial charge in [-0.05, 0) is 24.6 Å². The molecule has 0 spiro atoms. The zero-order valence-electron chi connectivity index (χ0n) is 9.56. The summed E-state index contributed by atoms with van der Waals surface area (Å²) in [7, 11) is 0. The highest BCUT2D eigenvalue weighted by Gasteiger charge is 2.06. The molecule has 17 heavy (non-hydrogen) atoms. The maximum Gasteiger partial charge on any atom is 0.227 e. The summed E-state index contributed by atoms with van der Waals surface area (Å²) in [6.07, 6.45) is 2.14. The predicted molar refractivity (Wildman–Crippen MR) is 65.9 cm³/mol. The van der Waals surface area contributed by atoms with Crippen molar-refractivity contribution in [3.05, 3.63) is 47.1 Å². The fraction of sp³-hybridized carbons (Fsp3) is 0.333. The van der Waals surface area contributed by atoms with E-state index >= 15 is 0 Å². The van der Waals surface area contributed by atoms with Crippen molar-refractivity contribution in [3.8, 4) is 0 Å². The van der Waals surface area contributed by atoms with Crippen LogP contribution >= 0.6 is 11.6 Å². The molecular weight excluding hydrogens is 238 g/mol. The minimum absolute atomic E-state index is 0.247. The molecular formula is C12H14ClN3O. The fourth-order valence-electron chi connectivity index (χ4n) is 1.60. The number of nitrogens with one attached hydrogen (secondary N) is 1. The van der Waals surface area contributed by atoms with Crippen molar-refractivity contribution >= 4 is 11.6 Å². The van der Waals surface area contributed by atoms with Gasteiger partial charge in [0.15, 0.2) is 6.33 Å². The van der Waals surface area contributed by atoms with Gasteiger partial charge in [0.25, 0.3) is 0 Å². The van der Waals surface area contributed by atoms with E-state index in [1.165, 1.54) is 11.9 Å². The highest BCUT2D eigenvalue weighted by atomic mass is 35.5. The quantitative estimate of drug-likeness (QED) is 0.888. The van der Waals surface area contributed by atoms with Crippen LogP contribution in [-0.4, -0.2) is 16.7 Å². The van der Waals surface area contributed by atoms with Crippen LogP contribution in [0.5, 0.6) is 0 Å². The Balaban J connectivity index is 1.83. The van der Waals surface area contributed by atoms with Gasteiger partial charge in [0.05, 0.1) is 0 Å². The van der Waals surface area contributed by atoms with Crippen molar-refractivity contribution in [3.63, 3.8) is 0 Å². The van der Waals surface area contributed by atoms with Crippen LogP contribution in [0.4, 0.5) is 0 Å². The molecule has 90 valence electrons. The van der Waals surface area contributed by atoms with Gasteiger partial charge in [0.2, 0.25) is 5.89 Å². The maximum atomic E-state index is 5.94. The average Bonchev–Trinajstić information content (AvgIpc) is 2.82. The number of halogens is 1. The summed E-state index contributed by atoms with van der Waals surface area (Å²) in [4.78, 5) is 3.96. The molecule has 1 atom stereocenters. The Labute approximate surface area is 105 Å². The first-order valence-corrected chi connectivity index (χ1v) is 5.88. The number of nitrogens with zero attached hydrogens (tertiary/aromatic N) is 2. The van der Waals surface area contributed by atoms with Crippen LogP contribution in [0.15, 0.2) is 35.1 Å². The first kappa shape index (κ1) is 12.1. The first-order chi connectivity index (χ1) is 8.25. The monoisotopic (exact) mass is 251 g/mol. The van der Waals surface area contributed by atoms with Gasteiger partial charge in [0, 0.05) is 24.0 Å². The molecule has 0 aliphatic heterocycles. The third-order valence-electron chi connectivity index (χ3n) is 2.55. The van der Waals surface area contributed by atoms with Crippen LogP contribution in [0.1, 0.15) is 24.4 Å². The molecule has 1 heterocycles. The SMILES string of the molecule is CC(NCCc1ncno1)c1cccc(Cl)c1. The van der Waals surface area contributed by atoms with E-state index in [0.717, 1.165) is 18.0 Å². The minimum Gasteiger partial charge on any atom is -0.340 e. The van der Waals surface area contributed by atoms with Gasteiger partial charge in [-0.1, -0.05) is 28.9 Å². The summed E-state index contributed by atoms with van der Waals surface area (Å²) in [5.41, 5.74) is 1.17. The van der Waals surface area contributed by atoms with Gasteiger partial charge in [-0.2, -0.15) is 4.98 Å². The summed E-state index contributed by atoms with van der Waals surface area (Å²) >= 11 is 5.94. The lowest BCUT2D eigenvalue weighted by Gasteiger charge is -2.13. The van der Waals surface area contributed by atoms with E-state index in [0.29, 0.717) is 5.89 Å². The summed E-state index contributed by atoms with van der Waals surface area (Å²) in [5.74, 6) is 0.649. The summed E-state index contributed by atoms with van der Waals surface area (Å²) in [6.45, 7) is 2.88. The Morgan fingerprint density at radius 2 is 2.35 bits per heavy atom. The van der Waals surface area contributed by atoms with Crippen molar-refractivity contribution in [1.82, 2.24) is 15.5 Å². The van der Waals surface area contributed by atoms with E-state index in [1.807, 2.05) is 18.2 Å². The number of benzene rings is 1. The third-order valence-corrected chi connectivity index (χ3v) is 2.78. The molecule has 1 N–H and O–H groups in total. The second-order valence-electron chi connectivity index (χ2n) is 3.82. The molecule has 1 unspecified atom stereocenters. The third kappa shape index (κ3) is 3.54. The number of aromatic nitrogens is 2. The topological polar surface area (TPSA) is 51.0 Å². The van der Waals surface area contributed by atoms with Gasteiger partial charge in [-0.15, -0.1) is 0 Å². The molecule has 0 radical (unpaired) electrons. The van der Waals surface area contributed by atoms with E-state index in [9.17, 15) is 0 Å². The summed E-state index contributed by atoms with van der Waals surface area (Å²) < 4.78 is 4.92. The highest BCUT2D eigenvalue weighted by molar-refractivity contribution is 6.30. The van der Waals surface area contributed by atoms with Crippen molar-refractivity contribution in [2.24, 2.45) is 0 Å². The van der Waals surface area contributed by atoms with Crippen LogP contribution < -0.4 is 5.32 Å². The maximum absolute atomic E-state index is 5.94. The zero-order valence-corrected chi connectivity index (χ0v) is 10.3. The van der Waals surface area contributed by atoms with E-state index in [1.54, 1.807) is 0 Å². The van der Waals surface area contributed by atoms with Crippen LogP contribution in [0.3, 0.4) is 0 Å². The van der Waals surface area contributed by atoms with Crippen molar-refractivity contribution in [2.45, 2.75) is 19.4 Å². The molecule has 0 bridgehead atoms. The molecule has 1 aromatic carbocycles. The molecule has 2 rings (SSSR count). The molecule has 0 amide bonds. The predicted octanol–water partition coefficient (Wildman–Crippen LogP) is 2.62. The molecule has 1 aromatic heterocycles. The highest BCUT2D eigenvalue weighted by Crippen LogP contribution is 2.17. The molecule has 4 nitrogen and oxygen atoms in total. The zero-order chi connectivity index (χ0) is 12.1. The largest absolute Gasteiger partial charge is 0.340 e. The molecule has 5 heteroatoms. The van der Waals surface area contributed by atoms with E-state index < -0.39 is 0 Å². The summed E-state index contributed by atoms with van der Waals surface area (Å²) in [6, 6.07) is 8.09. The van der Waals surface area contributed by atoms with Gasteiger partial charge in [-0.3, -0.25) is 0 Å².